The van der Waals surface area contributed by atoms with Crippen LogP contribution in [0.2, 0.25) is 0 Å². The molecular formula is C20H19N3O3. The number of pyridine rings is 1. The third-order valence-electron chi connectivity index (χ3n) is 3.87. The molecule has 2 aromatic heterocycles. The van der Waals surface area contributed by atoms with Crippen LogP contribution < -0.4 is 9.47 Å². The smallest absolute Gasteiger partial charge is 0.225 e. The maximum Gasteiger partial charge on any atom is 0.225 e. The van der Waals surface area contributed by atoms with Crippen LogP contribution in [0.4, 0.5) is 0 Å². The normalized spacial score (nSPS) is 10.3. The standard InChI is InChI=1S/C20H19N3O3/c1-22(2)20(24)9-11-25-18-6-3-4-7-19(18)26-17-8-5-10-23-14-15(13-21)12-16(17)23/h3-8,10,12,14H,9,11H2,1-2H3. The van der Waals surface area contributed by atoms with Crippen LogP contribution in [0.5, 0.6) is 17.2 Å². The lowest BCUT2D eigenvalue weighted by molar-refractivity contribution is -0.129. The fraction of sp³-hybridized carbons (Fsp3) is 0.200. The van der Waals surface area contributed by atoms with Crippen molar-refractivity contribution in [3.63, 3.8) is 0 Å². The second-order valence-electron chi connectivity index (χ2n) is 5.94. The van der Waals surface area contributed by atoms with Gasteiger partial charge in [0.1, 0.15) is 6.07 Å². The molecule has 0 aliphatic heterocycles. The molecule has 6 nitrogen and oxygen atoms in total. The third kappa shape index (κ3) is 3.78. The summed E-state index contributed by atoms with van der Waals surface area (Å²) in [6.45, 7) is 0.269. The summed E-state index contributed by atoms with van der Waals surface area (Å²) >= 11 is 0. The topological polar surface area (TPSA) is 67.0 Å². The number of para-hydroxylation sites is 2. The molecule has 0 fully saturated rings. The number of benzene rings is 1. The maximum atomic E-state index is 11.7. The molecule has 3 aromatic rings. The van der Waals surface area contributed by atoms with Gasteiger partial charge in [-0.2, -0.15) is 5.26 Å². The molecular weight excluding hydrogens is 330 g/mol. The van der Waals surface area contributed by atoms with E-state index in [2.05, 4.69) is 6.07 Å². The SMILES string of the molecule is CN(C)C(=O)CCOc1ccccc1Oc1cccn2cc(C#N)cc12. The summed E-state index contributed by atoms with van der Waals surface area (Å²) in [5.74, 6) is 1.74. The van der Waals surface area contributed by atoms with Gasteiger partial charge in [0.15, 0.2) is 17.2 Å². The van der Waals surface area contributed by atoms with Crippen molar-refractivity contribution in [2.75, 3.05) is 20.7 Å². The summed E-state index contributed by atoms with van der Waals surface area (Å²) in [4.78, 5) is 13.2. The molecule has 1 amide bonds. The van der Waals surface area contributed by atoms with E-state index in [1.807, 2.05) is 34.9 Å². The largest absolute Gasteiger partial charge is 0.489 e. The number of carbonyl (C=O) groups is 1. The number of fused-ring (bicyclic) bond motifs is 1. The summed E-state index contributed by atoms with van der Waals surface area (Å²) in [7, 11) is 3.43. The van der Waals surface area contributed by atoms with Crippen molar-refractivity contribution in [3.8, 4) is 23.3 Å². The van der Waals surface area contributed by atoms with Crippen LogP contribution in [0.1, 0.15) is 12.0 Å². The minimum atomic E-state index is 0.00499. The highest BCUT2D eigenvalue weighted by molar-refractivity contribution is 5.75. The molecule has 1 aromatic carbocycles. The number of carbonyl (C=O) groups excluding carboxylic acids is 1. The van der Waals surface area contributed by atoms with E-state index in [0.717, 1.165) is 5.52 Å². The lowest BCUT2D eigenvalue weighted by Crippen LogP contribution is -2.23. The van der Waals surface area contributed by atoms with Crippen LogP contribution in [0.3, 0.4) is 0 Å². The Labute approximate surface area is 151 Å². The van der Waals surface area contributed by atoms with Crippen molar-refractivity contribution in [3.05, 3.63) is 60.4 Å². The minimum Gasteiger partial charge on any atom is -0.489 e. The number of nitrogens with zero attached hydrogens (tertiary/aromatic N) is 3. The molecule has 0 saturated heterocycles. The average molecular weight is 349 g/mol. The number of ether oxygens (including phenoxy) is 2. The highest BCUT2D eigenvalue weighted by Gasteiger charge is 2.11. The molecule has 0 aliphatic rings. The van der Waals surface area contributed by atoms with E-state index in [0.29, 0.717) is 29.2 Å². The van der Waals surface area contributed by atoms with E-state index in [1.165, 1.54) is 4.90 Å². The van der Waals surface area contributed by atoms with Gasteiger partial charge in [0, 0.05) is 26.5 Å². The summed E-state index contributed by atoms with van der Waals surface area (Å²) in [5, 5.41) is 9.09. The fourth-order valence-corrected chi connectivity index (χ4v) is 2.50. The van der Waals surface area contributed by atoms with Crippen molar-refractivity contribution in [2.24, 2.45) is 0 Å². The Kier molecular flexibility index (Phi) is 5.09. The Hall–Kier alpha value is -3.46. The Morgan fingerprint density at radius 3 is 2.62 bits per heavy atom. The van der Waals surface area contributed by atoms with Gasteiger partial charge in [0.2, 0.25) is 5.91 Å². The molecule has 132 valence electrons. The summed E-state index contributed by atoms with van der Waals surface area (Å²) in [6, 6.07) is 14.9. The molecule has 26 heavy (non-hydrogen) atoms. The maximum absolute atomic E-state index is 11.7. The first-order valence-electron chi connectivity index (χ1n) is 8.19. The summed E-state index contributed by atoms with van der Waals surface area (Å²) < 4.78 is 13.6. The van der Waals surface area contributed by atoms with Gasteiger partial charge in [-0.25, -0.2) is 0 Å². The van der Waals surface area contributed by atoms with Crippen LogP contribution in [0, 0.1) is 11.3 Å². The third-order valence-corrected chi connectivity index (χ3v) is 3.87. The van der Waals surface area contributed by atoms with Crippen molar-refractivity contribution >= 4 is 11.4 Å². The first kappa shape index (κ1) is 17.4. The highest BCUT2D eigenvalue weighted by atomic mass is 16.5. The van der Waals surface area contributed by atoms with E-state index in [1.54, 1.807) is 38.5 Å². The number of aromatic nitrogens is 1. The number of hydrogen-bond acceptors (Lipinski definition) is 4. The Morgan fingerprint density at radius 1 is 1.15 bits per heavy atom. The van der Waals surface area contributed by atoms with Gasteiger partial charge in [-0.1, -0.05) is 12.1 Å². The Balaban J connectivity index is 1.80. The highest BCUT2D eigenvalue weighted by Crippen LogP contribution is 2.33. The molecule has 2 heterocycles. The van der Waals surface area contributed by atoms with E-state index in [9.17, 15) is 4.79 Å². The monoisotopic (exact) mass is 349 g/mol. The molecule has 0 spiro atoms. The molecule has 0 aliphatic carbocycles. The average Bonchev–Trinajstić information content (AvgIpc) is 3.07. The van der Waals surface area contributed by atoms with Crippen LogP contribution >= 0.6 is 0 Å². The van der Waals surface area contributed by atoms with Crippen LogP contribution in [0.25, 0.3) is 5.52 Å². The van der Waals surface area contributed by atoms with Crippen LogP contribution in [-0.4, -0.2) is 35.9 Å². The fourth-order valence-electron chi connectivity index (χ4n) is 2.50. The van der Waals surface area contributed by atoms with Crippen molar-refractivity contribution < 1.29 is 14.3 Å². The first-order valence-corrected chi connectivity index (χ1v) is 8.19. The molecule has 0 bridgehead atoms. The quantitative estimate of drug-likeness (QED) is 0.683. The van der Waals surface area contributed by atoms with E-state index >= 15 is 0 Å². The van der Waals surface area contributed by atoms with Crippen molar-refractivity contribution in [2.45, 2.75) is 6.42 Å². The van der Waals surface area contributed by atoms with Crippen molar-refractivity contribution in [1.29, 1.82) is 5.26 Å². The molecule has 0 saturated carbocycles. The van der Waals surface area contributed by atoms with Gasteiger partial charge in [0.25, 0.3) is 0 Å². The Bertz CT molecular complexity index is 970. The van der Waals surface area contributed by atoms with E-state index in [4.69, 9.17) is 14.7 Å². The van der Waals surface area contributed by atoms with Crippen LogP contribution in [-0.2, 0) is 4.79 Å². The van der Waals surface area contributed by atoms with E-state index < -0.39 is 0 Å². The second kappa shape index (κ2) is 7.62. The van der Waals surface area contributed by atoms with E-state index in [-0.39, 0.29) is 12.5 Å². The molecule has 6 heteroatoms. The molecule has 0 atom stereocenters. The number of rotatable bonds is 6. The Morgan fingerprint density at radius 2 is 1.88 bits per heavy atom. The minimum absolute atomic E-state index is 0.00499. The zero-order valence-electron chi connectivity index (χ0n) is 14.7. The number of amides is 1. The zero-order valence-corrected chi connectivity index (χ0v) is 14.7. The van der Waals surface area contributed by atoms with Gasteiger partial charge in [-0.05, 0) is 30.3 Å². The summed E-state index contributed by atoms with van der Waals surface area (Å²) in [6.07, 6.45) is 3.90. The predicted octanol–water partition coefficient (Wildman–Crippen LogP) is 3.46. The molecule has 0 unspecified atom stereocenters. The van der Waals surface area contributed by atoms with Gasteiger partial charge in [-0.3, -0.25) is 4.79 Å². The van der Waals surface area contributed by atoms with Crippen molar-refractivity contribution in [1.82, 2.24) is 9.30 Å². The van der Waals surface area contributed by atoms with Gasteiger partial charge in [0.05, 0.1) is 24.1 Å². The summed E-state index contributed by atoms with van der Waals surface area (Å²) in [5.41, 5.74) is 1.36. The second-order valence-corrected chi connectivity index (χ2v) is 5.94. The van der Waals surface area contributed by atoms with Gasteiger partial charge >= 0.3 is 0 Å². The number of nitriles is 1. The number of hydrogen-bond donors (Lipinski definition) is 0. The van der Waals surface area contributed by atoms with Gasteiger partial charge < -0.3 is 18.8 Å². The van der Waals surface area contributed by atoms with Gasteiger partial charge in [-0.15, -0.1) is 0 Å². The lowest BCUT2D eigenvalue weighted by Gasteiger charge is -2.14. The predicted molar refractivity (Wildman–Crippen MR) is 97.4 cm³/mol. The molecule has 0 N–H and O–H groups in total. The molecule has 0 radical (unpaired) electrons. The van der Waals surface area contributed by atoms with Crippen LogP contribution in [0.15, 0.2) is 54.9 Å². The molecule has 3 rings (SSSR count). The zero-order chi connectivity index (χ0) is 18.5. The first-order chi connectivity index (χ1) is 12.6. The lowest BCUT2D eigenvalue weighted by atomic mass is 10.3.